The molecule has 0 radical (unpaired) electrons. The fraction of sp³-hybridized carbons (Fsp3) is 0.636. The van der Waals surface area contributed by atoms with Gasteiger partial charge in [-0.05, 0) is 12.8 Å². The minimum absolute atomic E-state index is 0.0486. The van der Waals surface area contributed by atoms with Crippen LogP contribution in [0.3, 0.4) is 0 Å². The molecule has 1 aromatic heterocycles. The van der Waals surface area contributed by atoms with Crippen LogP contribution in [0.25, 0.3) is 0 Å². The summed E-state index contributed by atoms with van der Waals surface area (Å²) in [6, 6.07) is 0. The van der Waals surface area contributed by atoms with Gasteiger partial charge in [-0.1, -0.05) is 0 Å². The van der Waals surface area contributed by atoms with E-state index < -0.39 is 5.97 Å². The number of oxazole rings is 1. The maximum Gasteiger partial charge on any atom is 0.373 e. The number of ether oxygens (including phenoxy) is 2. The molecule has 1 aromatic rings. The molecule has 6 heteroatoms. The lowest BCUT2D eigenvalue weighted by molar-refractivity contribution is 0.0623. The zero-order valence-electron chi connectivity index (χ0n) is 9.64. The van der Waals surface area contributed by atoms with E-state index in [0.29, 0.717) is 18.2 Å². The molecule has 0 aliphatic carbocycles. The van der Waals surface area contributed by atoms with Crippen LogP contribution >= 0.6 is 0 Å². The monoisotopic (exact) mass is 241 g/mol. The molecule has 0 spiro atoms. The summed E-state index contributed by atoms with van der Waals surface area (Å²) >= 11 is 0. The normalized spacial score (nSPS) is 20.4. The second-order valence-electron chi connectivity index (χ2n) is 3.98. The quantitative estimate of drug-likeness (QED) is 0.858. The van der Waals surface area contributed by atoms with Crippen LogP contribution in [0.4, 0.5) is 0 Å². The Hall–Kier alpha value is -1.40. The Morgan fingerprint density at radius 1 is 1.65 bits per heavy atom. The smallest absolute Gasteiger partial charge is 0.373 e. The van der Waals surface area contributed by atoms with Gasteiger partial charge in [0.1, 0.15) is 5.69 Å². The van der Waals surface area contributed by atoms with Crippen molar-refractivity contribution in [3.8, 4) is 0 Å². The average molecular weight is 241 g/mol. The van der Waals surface area contributed by atoms with Gasteiger partial charge in [-0.2, -0.15) is 0 Å². The highest BCUT2D eigenvalue weighted by Crippen LogP contribution is 2.26. The van der Waals surface area contributed by atoms with Gasteiger partial charge in [-0.25, -0.2) is 9.78 Å². The lowest BCUT2D eigenvalue weighted by atomic mass is 10.0. The minimum atomic E-state index is -1.12. The lowest BCUT2D eigenvalue weighted by Gasteiger charge is -2.18. The predicted octanol–water partition coefficient (Wildman–Crippen LogP) is 1.41. The summed E-state index contributed by atoms with van der Waals surface area (Å²) in [5.74, 6) is -0.762. The van der Waals surface area contributed by atoms with Gasteiger partial charge in [-0.15, -0.1) is 0 Å². The molecule has 0 amide bonds. The van der Waals surface area contributed by atoms with Crippen molar-refractivity contribution in [1.82, 2.24) is 4.98 Å². The van der Waals surface area contributed by atoms with Gasteiger partial charge < -0.3 is 19.0 Å². The molecule has 0 saturated carbocycles. The van der Waals surface area contributed by atoms with Crippen LogP contribution in [0, 0.1) is 0 Å². The topological polar surface area (TPSA) is 81.8 Å². The first kappa shape index (κ1) is 12.1. The van der Waals surface area contributed by atoms with Crippen LogP contribution in [-0.2, 0) is 16.1 Å². The summed E-state index contributed by atoms with van der Waals surface area (Å²) in [5.41, 5.74) is 0.334. The van der Waals surface area contributed by atoms with Crippen molar-refractivity contribution in [1.29, 1.82) is 0 Å². The Morgan fingerprint density at radius 2 is 2.47 bits per heavy atom. The first-order chi connectivity index (χ1) is 8.22. The van der Waals surface area contributed by atoms with E-state index in [1.807, 2.05) is 0 Å². The molecule has 1 saturated heterocycles. The van der Waals surface area contributed by atoms with E-state index in [2.05, 4.69) is 4.98 Å². The third-order valence-electron chi connectivity index (χ3n) is 2.70. The van der Waals surface area contributed by atoms with Crippen LogP contribution in [0.2, 0.25) is 0 Å². The highest BCUT2D eigenvalue weighted by Gasteiger charge is 2.26. The number of carboxylic acid groups (broad SMARTS) is 1. The summed E-state index contributed by atoms with van der Waals surface area (Å²) < 4.78 is 15.5. The number of hydrogen-bond acceptors (Lipinski definition) is 5. The summed E-state index contributed by atoms with van der Waals surface area (Å²) in [4.78, 5) is 15.2. The van der Waals surface area contributed by atoms with E-state index in [1.165, 1.54) is 7.11 Å². The van der Waals surface area contributed by atoms with E-state index in [0.717, 1.165) is 19.4 Å². The Bertz CT molecular complexity index is 395. The first-order valence-corrected chi connectivity index (χ1v) is 5.52. The molecule has 1 unspecified atom stereocenters. The van der Waals surface area contributed by atoms with Crippen LogP contribution in [-0.4, -0.2) is 36.4 Å². The Kier molecular flexibility index (Phi) is 3.75. The van der Waals surface area contributed by atoms with E-state index >= 15 is 0 Å². The largest absolute Gasteiger partial charge is 0.475 e. The fourth-order valence-corrected chi connectivity index (χ4v) is 1.88. The molecule has 1 atom stereocenters. The Balaban J connectivity index is 2.22. The van der Waals surface area contributed by atoms with Crippen molar-refractivity contribution in [3.05, 3.63) is 17.3 Å². The Morgan fingerprint density at radius 3 is 3.06 bits per heavy atom. The van der Waals surface area contributed by atoms with Crippen LogP contribution in [0.15, 0.2) is 4.42 Å². The average Bonchev–Trinajstić information content (AvgIpc) is 2.75. The zero-order valence-corrected chi connectivity index (χ0v) is 9.64. The van der Waals surface area contributed by atoms with E-state index in [1.54, 1.807) is 0 Å². The van der Waals surface area contributed by atoms with Gasteiger partial charge in [0.2, 0.25) is 11.7 Å². The third-order valence-corrected chi connectivity index (χ3v) is 2.70. The van der Waals surface area contributed by atoms with Crippen LogP contribution in [0.1, 0.15) is 40.9 Å². The van der Waals surface area contributed by atoms with E-state index in [9.17, 15) is 4.79 Å². The molecule has 0 bridgehead atoms. The van der Waals surface area contributed by atoms with E-state index in [4.69, 9.17) is 19.0 Å². The summed E-state index contributed by atoms with van der Waals surface area (Å²) in [5, 5.41) is 8.98. The third kappa shape index (κ3) is 2.65. The van der Waals surface area contributed by atoms with Gasteiger partial charge in [0.05, 0.1) is 19.1 Å². The predicted molar refractivity (Wildman–Crippen MR) is 57.0 cm³/mol. The van der Waals surface area contributed by atoms with Gasteiger partial charge in [0.15, 0.2) is 0 Å². The fourth-order valence-electron chi connectivity index (χ4n) is 1.88. The number of nitrogens with zero attached hydrogens (tertiary/aromatic N) is 1. The molecule has 1 aliphatic rings. The molecule has 1 N–H and O–H groups in total. The van der Waals surface area contributed by atoms with Crippen molar-refractivity contribution >= 4 is 5.97 Å². The number of hydrogen-bond donors (Lipinski definition) is 1. The van der Waals surface area contributed by atoms with Crippen molar-refractivity contribution in [3.63, 3.8) is 0 Å². The number of carbonyl (C=O) groups is 1. The maximum absolute atomic E-state index is 11.0. The lowest BCUT2D eigenvalue weighted by Crippen LogP contribution is -2.15. The molecular weight excluding hydrogens is 226 g/mol. The van der Waals surface area contributed by atoms with Crippen LogP contribution in [0.5, 0.6) is 0 Å². The molecular formula is C11H15NO5. The number of aromatic nitrogens is 1. The summed E-state index contributed by atoms with van der Waals surface area (Å²) in [7, 11) is 1.49. The highest BCUT2D eigenvalue weighted by atomic mass is 16.5. The SMILES string of the molecule is COCc1nc(C2CCCOC2)oc1C(=O)O. The number of carboxylic acids is 1. The maximum atomic E-state index is 11.0. The van der Waals surface area contributed by atoms with Crippen molar-refractivity contribution in [2.24, 2.45) is 0 Å². The van der Waals surface area contributed by atoms with Crippen molar-refractivity contribution < 1.29 is 23.8 Å². The Labute approximate surface area is 98.5 Å². The van der Waals surface area contributed by atoms with Gasteiger partial charge in [0, 0.05) is 13.7 Å². The molecule has 1 aliphatic heterocycles. The van der Waals surface area contributed by atoms with Crippen molar-refractivity contribution in [2.75, 3.05) is 20.3 Å². The molecule has 6 nitrogen and oxygen atoms in total. The standard InChI is InChI=1S/C11H15NO5/c1-15-6-8-9(11(13)14)17-10(12-8)7-3-2-4-16-5-7/h7H,2-6H2,1H3,(H,13,14). The zero-order chi connectivity index (χ0) is 12.3. The number of methoxy groups -OCH3 is 1. The summed E-state index contributed by atoms with van der Waals surface area (Å²) in [6.45, 7) is 1.42. The molecule has 94 valence electrons. The first-order valence-electron chi connectivity index (χ1n) is 5.52. The van der Waals surface area contributed by atoms with Crippen molar-refractivity contribution in [2.45, 2.75) is 25.4 Å². The summed E-state index contributed by atoms with van der Waals surface area (Å²) in [6.07, 6.45) is 1.85. The highest BCUT2D eigenvalue weighted by molar-refractivity contribution is 5.85. The second kappa shape index (κ2) is 5.29. The van der Waals surface area contributed by atoms with Gasteiger partial charge in [0.25, 0.3) is 0 Å². The molecule has 2 heterocycles. The molecule has 1 fully saturated rings. The van der Waals surface area contributed by atoms with Gasteiger partial charge in [-0.3, -0.25) is 0 Å². The van der Waals surface area contributed by atoms with Gasteiger partial charge >= 0.3 is 5.97 Å². The molecule has 2 rings (SSSR count). The molecule has 0 aromatic carbocycles. The number of rotatable bonds is 4. The minimum Gasteiger partial charge on any atom is -0.475 e. The van der Waals surface area contributed by atoms with Crippen LogP contribution < -0.4 is 0 Å². The second-order valence-corrected chi connectivity index (χ2v) is 3.98. The number of aromatic carboxylic acids is 1. The van der Waals surface area contributed by atoms with E-state index in [-0.39, 0.29) is 18.3 Å². The molecule has 17 heavy (non-hydrogen) atoms.